The summed E-state index contributed by atoms with van der Waals surface area (Å²) in [7, 11) is 0. The summed E-state index contributed by atoms with van der Waals surface area (Å²) < 4.78 is 0. The highest BCUT2D eigenvalue weighted by Gasteiger charge is 2.32. The number of pyridine rings is 1. The first kappa shape index (κ1) is 21.5. The van der Waals surface area contributed by atoms with E-state index in [1.54, 1.807) is 6.20 Å². The van der Waals surface area contributed by atoms with E-state index in [0.717, 1.165) is 54.1 Å². The topological polar surface area (TPSA) is 82.2 Å². The quantitative estimate of drug-likeness (QED) is 0.656. The maximum Gasteiger partial charge on any atom is 0.255 e. The molecule has 1 aromatic carbocycles. The summed E-state index contributed by atoms with van der Waals surface area (Å²) in [6.07, 6.45) is 5.22. The second-order valence-electron chi connectivity index (χ2n) is 9.10. The van der Waals surface area contributed by atoms with Crippen molar-refractivity contribution in [2.75, 3.05) is 19.6 Å². The summed E-state index contributed by atoms with van der Waals surface area (Å²) in [6, 6.07) is 13.9. The van der Waals surface area contributed by atoms with Crippen LogP contribution >= 0.6 is 0 Å². The highest BCUT2D eigenvalue weighted by Crippen LogP contribution is 2.28. The molecule has 1 fully saturated rings. The third-order valence-electron chi connectivity index (χ3n) is 6.85. The van der Waals surface area contributed by atoms with E-state index in [4.69, 9.17) is 4.98 Å². The molecule has 0 unspecified atom stereocenters. The molecule has 0 bridgehead atoms. The molecule has 2 atom stereocenters. The van der Waals surface area contributed by atoms with Crippen LogP contribution in [0.3, 0.4) is 0 Å². The number of benzene rings is 1. The third-order valence-corrected chi connectivity index (χ3v) is 6.85. The van der Waals surface area contributed by atoms with E-state index in [1.807, 2.05) is 54.4 Å². The average molecular weight is 444 g/mol. The van der Waals surface area contributed by atoms with E-state index in [2.05, 4.69) is 20.9 Å². The summed E-state index contributed by atoms with van der Waals surface area (Å²) >= 11 is 0. The van der Waals surface area contributed by atoms with Gasteiger partial charge in [-0.1, -0.05) is 36.4 Å². The zero-order chi connectivity index (χ0) is 22.8. The van der Waals surface area contributed by atoms with E-state index >= 15 is 0 Å². The van der Waals surface area contributed by atoms with Gasteiger partial charge in [0.15, 0.2) is 0 Å². The van der Waals surface area contributed by atoms with Crippen molar-refractivity contribution < 1.29 is 4.79 Å². The number of amides is 1. The Labute approximate surface area is 193 Å². The monoisotopic (exact) mass is 443 g/mol. The standard InChI is InChI=1S/C26H29N5O2/c1-18(20-7-3-2-4-8-20)26(33)31-13-9-21(16-31)24-28-23-10-12-30(17-22(23)25(32)29-24)15-19-6-5-11-27-14-19/h2-8,11,14,18,21H,9-10,12-13,15-17H2,1H3,(H,28,29,32)/t18-,21-/m1/s1. The number of hydrogen-bond acceptors (Lipinski definition) is 5. The van der Waals surface area contributed by atoms with Gasteiger partial charge < -0.3 is 9.88 Å². The van der Waals surface area contributed by atoms with Gasteiger partial charge in [-0.15, -0.1) is 0 Å². The zero-order valence-corrected chi connectivity index (χ0v) is 18.9. The predicted molar refractivity (Wildman–Crippen MR) is 126 cm³/mol. The van der Waals surface area contributed by atoms with E-state index in [9.17, 15) is 9.59 Å². The Morgan fingerprint density at radius 2 is 2.03 bits per heavy atom. The van der Waals surface area contributed by atoms with Gasteiger partial charge >= 0.3 is 0 Å². The van der Waals surface area contributed by atoms with Crippen LogP contribution in [-0.4, -0.2) is 50.3 Å². The smallest absolute Gasteiger partial charge is 0.255 e. The van der Waals surface area contributed by atoms with Gasteiger partial charge in [-0.25, -0.2) is 4.98 Å². The van der Waals surface area contributed by atoms with Gasteiger partial charge in [-0.3, -0.25) is 19.5 Å². The molecule has 3 aromatic rings. The number of likely N-dealkylation sites (tertiary alicyclic amines) is 1. The molecule has 5 rings (SSSR count). The van der Waals surface area contributed by atoms with Crippen LogP contribution in [0.25, 0.3) is 0 Å². The molecule has 0 radical (unpaired) electrons. The first-order valence-corrected chi connectivity index (χ1v) is 11.7. The van der Waals surface area contributed by atoms with Crippen molar-refractivity contribution >= 4 is 5.91 Å². The lowest BCUT2D eigenvalue weighted by Crippen LogP contribution is -2.36. The van der Waals surface area contributed by atoms with Crippen LogP contribution in [0.15, 0.2) is 59.7 Å². The van der Waals surface area contributed by atoms with E-state index in [1.165, 1.54) is 0 Å². The van der Waals surface area contributed by atoms with Gasteiger partial charge in [0, 0.05) is 57.5 Å². The molecule has 2 aliphatic heterocycles. The Kier molecular flexibility index (Phi) is 6.05. The van der Waals surface area contributed by atoms with Gasteiger partial charge in [0.25, 0.3) is 5.56 Å². The Morgan fingerprint density at radius 3 is 2.82 bits per heavy atom. The molecule has 170 valence electrons. The molecule has 0 aliphatic carbocycles. The van der Waals surface area contributed by atoms with Gasteiger partial charge in [0.05, 0.1) is 17.2 Å². The first-order chi connectivity index (χ1) is 16.1. The highest BCUT2D eigenvalue weighted by molar-refractivity contribution is 5.83. The molecule has 1 N–H and O–H groups in total. The number of nitrogens with one attached hydrogen (secondary N) is 1. The van der Waals surface area contributed by atoms with Crippen LogP contribution in [0.1, 0.15) is 53.4 Å². The minimum atomic E-state index is -0.175. The van der Waals surface area contributed by atoms with Gasteiger partial charge in [-0.05, 0) is 30.5 Å². The van der Waals surface area contributed by atoms with Crippen molar-refractivity contribution in [1.29, 1.82) is 0 Å². The summed E-state index contributed by atoms with van der Waals surface area (Å²) in [4.78, 5) is 42.2. The molecule has 7 heteroatoms. The molecule has 4 heterocycles. The van der Waals surface area contributed by atoms with E-state index < -0.39 is 0 Å². The summed E-state index contributed by atoms with van der Waals surface area (Å²) in [6.45, 7) is 5.48. The normalized spacial score (nSPS) is 19.3. The van der Waals surface area contributed by atoms with Crippen LogP contribution in [0.5, 0.6) is 0 Å². The van der Waals surface area contributed by atoms with Crippen molar-refractivity contribution in [3.63, 3.8) is 0 Å². The van der Waals surface area contributed by atoms with Crippen molar-refractivity contribution in [3.8, 4) is 0 Å². The van der Waals surface area contributed by atoms with Crippen molar-refractivity contribution in [1.82, 2.24) is 24.8 Å². The Morgan fingerprint density at radius 1 is 1.18 bits per heavy atom. The number of carbonyl (C=O) groups is 1. The SMILES string of the molecule is C[C@@H](C(=O)N1CC[C@@H](c2nc3c(c(=O)[nH]2)CN(Cc2cccnc2)CC3)C1)c1ccccc1. The number of nitrogens with zero attached hydrogens (tertiary/aromatic N) is 4. The van der Waals surface area contributed by atoms with Crippen molar-refractivity contribution in [2.24, 2.45) is 0 Å². The molecule has 2 aromatic heterocycles. The van der Waals surface area contributed by atoms with Crippen LogP contribution in [0.4, 0.5) is 0 Å². The number of fused-ring (bicyclic) bond motifs is 1. The third kappa shape index (κ3) is 4.59. The van der Waals surface area contributed by atoms with Gasteiger partial charge in [0.2, 0.25) is 5.91 Å². The fourth-order valence-corrected chi connectivity index (χ4v) is 4.92. The molecule has 0 saturated carbocycles. The second-order valence-corrected chi connectivity index (χ2v) is 9.10. The lowest BCUT2D eigenvalue weighted by atomic mass is 10.00. The van der Waals surface area contributed by atoms with Crippen LogP contribution in [0.2, 0.25) is 0 Å². The summed E-state index contributed by atoms with van der Waals surface area (Å²) in [5.41, 5.74) is 3.79. The predicted octanol–water partition coefficient (Wildman–Crippen LogP) is 2.84. The molecular weight excluding hydrogens is 414 g/mol. The molecule has 2 aliphatic rings. The molecule has 0 spiro atoms. The second kappa shape index (κ2) is 9.27. The molecule has 1 saturated heterocycles. The van der Waals surface area contributed by atoms with Crippen LogP contribution in [0, 0.1) is 0 Å². The number of carbonyl (C=O) groups excluding carboxylic acids is 1. The molecule has 1 amide bonds. The highest BCUT2D eigenvalue weighted by atomic mass is 16.2. The lowest BCUT2D eigenvalue weighted by Gasteiger charge is -2.28. The number of aromatic amines is 1. The summed E-state index contributed by atoms with van der Waals surface area (Å²) in [5.74, 6) is 0.756. The Hall–Kier alpha value is -3.32. The maximum atomic E-state index is 13.0. The Bertz CT molecular complexity index is 1180. The average Bonchev–Trinajstić information content (AvgIpc) is 3.35. The van der Waals surface area contributed by atoms with Crippen molar-refractivity contribution in [2.45, 2.75) is 44.7 Å². The van der Waals surface area contributed by atoms with Crippen LogP contribution < -0.4 is 5.56 Å². The fraction of sp³-hybridized carbons (Fsp3) is 0.385. The number of hydrogen-bond donors (Lipinski definition) is 1. The van der Waals surface area contributed by atoms with E-state index in [-0.39, 0.29) is 23.3 Å². The van der Waals surface area contributed by atoms with Crippen LogP contribution in [-0.2, 0) is 24.3 Å². The molecule has 33 heavy (non-hydrogen) atoms. The zero-order valence-electron chi connectivity index (χ0n) is 18.9. The molecule has 7 nitrogen and oxygen atoms in total. The minimum Gasteiger partial charge on any atom is -0.341 e. The first-order valence-electron chi connectivity index (χ1n) is 11.7. The number of H-pyrrole nitrogens is 1. The number of aromatic nitrogens is 3. The maximum absolute atomic E-state index is 13.0. The van der Waals surface area contributed by atoms with Crippen molar-refractivity contribution in [3.05, 3.63) is 93.4 Å². The Balaban J connectivity index is 1.26. The van der Waals surface area contributed by atoms with E-state index in [0.29, 0.717) is 19.6 Å². The van der Waals surface area contributed by atoms with Gasteiger partial charge in [0.1, 0.15) is 5.82 Å². The molecular formula is C26H29N5O2. The lowest BCUT2D eigenvalue weighted by molar-refractivity contribution is -0.131. The summed E-state index contributed by atoms with van der Waals surface area (Å²) in [5, 5.41) is 0. The number of rotatable bonds is 5. The minimum absolute atomic E-state index is 0.0479. The van der Waals surface area contributed by atoms with Gasteiger partial charge in [-0.2, -0.15) is 0 Å². The largest absolute Gasteiger partial charge is 0.341 e. The fourth-order valence-electron chi connectivity index (χ4n) is 4.92.